The molecule has 4 aromatic carbocycles. The SMILES string of the molecule is CCNC(=O)C(Cc1ccccc1)N(Cc1ccc(Cl)c(Cl)c1)C(=O)CN(c1ccc(C)cc1)S(=O)(=O)c1ccccc1. The number of hydrogen-bond acceptors (Lipinski definition) is 4. The minimum absolute atomic E-state index is 0.00250. The number of sulfonamides is 1. The topological polar surface area (TPSA) is 86.8 Å². The first kappa shape index (κ1) is 32.1. The van der Waals surface area contributed by atoms with Gasteiger partial charge in [0.15, 0.2) is 0 Å². The molecule has 0 heterocycles. The molecule has 224 valence electrons. The van der Waals surface area contributed by atoms with Crippen molar-refractivity contribution in [3.63, 3.8) is 0 Å². The molecule has 1 atom stereocenters. The molecule has 0 spiro atoms. The van der Waals surface area contributed by atoms with Gasteiger partial charge in [0.1, 0.15) is 12.6 Å². The lowest BCUT2D eigenvalue weighted by Crippen LogP contribution is -2.53. The summed E-state index contributed by atoms with van der Waals surface area (Å²) in [6.07, 6.45) is 0.218. The molecule has 7 nitrogen and oxygen atoms in total. The fourth-order valence-corrected chi connectivity index (χ4v) is 6.40. The molecule has 43 heavy (non-hydrogen) atoms. The Bertz CT molecular complexity index is 1650. The molecule has 10 heteroatoms. The lowest BCUT2D eigenvalue weighted by atomic mass is 10.0. The predicted octanol–water partition coefficient (Wildman–Crippen LogP) is 6.27. The molecule has 0 aliphatic rings. The van der Waals surface area contributed by atoms with E-state index in [9.17, 15) is 18.0 Å². The van der Waals surface area contributed by atoms with Crippen molar-refractivity contribution in [3.8, 4) is 0 Å². The summed E-state index contributed by atoms with van der Waals surface area (Å²) in [5, 5.41) is 3.50. The average molecular weight is 639 g/mol. The monoisotopic (exact) mass is 637 g/mol. The van der Waals surface area contributed by atoms with Gasteiger partial charge < -0.3 is 10.2 Å². The van der Waals surface area contributed by atoms with Crippen molar-refractivity contribution in [1.29, 1.82) is 0 Å². The largest absolute Gasteiger partial charge is 0.355 e. The fourth-order valence-electron chi connectivity index (χ4n) is 4.64. The standard InChI is InChI=1S/C33H33Cl2N3O4S/c1-3-36-33(40)31(21-25-10-6-4-7-11-25)37(22-26-16-19-29(34)30(35)20-26)32(39)23-38(27-17-14-24(2)15-18-27)43(41,42)28-12-8-5-9-13-28/h4-20,31H,3,21-23H2,1-2H3,(H,36,40). The first-order valence-electron chi connectivity index (χ1n) is 13.8. The number of aryl methyl sites for hydroxylation is 1. The number of rotatable bonds is 12. The highest BCUT2D eigenvalue weighted by Crippen LogP contribution is 2.27. The normalized spacial score (nSPS) is 11.9. The van der Waals surface area contributed by atoms with Crippen molar-refractivity contribution >= 4 is 50.7 Å². The number of hydrogen-bond donors (Lipinski definition) is 1. The second-order valence-corrected chi connectivity index (χ2v) is 12.7. The van der Waals surface area contributed by atoms with Gasteiger partial charge >= 0.3 is 0 Å². The maximum absolute atomic E-state index is 14.3. The molecule has 0 radical (unpaired) electrons. The van der Waals surface area contributed by atoms with Crippen molar-refractivity contribution in [3.05, 3.63) is 130 Å². The number of likely N-dealkylation sites (N-methyl/N-ethyl adjacent to an activating group) is 1. The van der Waals surface area contributed by atoms with Gasteiger partial charge in [-0.3, -0.25) is 13.9 Å². The van der Waals surface area contributed by atoms with Gasteiger partial charge in [-0.05, 0) is 61.4 Å². The Hall–Kier alpha value is -3.85. The summed E-state index contributed by atoms with van der Waals surface area (Å²) in [6.45, 7) is 3.51. The predicted molar refractivity (Wildman–Crippen MR) is 172 cm³/mol. The Balaban J connectivity index is 1.80. The number of halogens is 2. The summed E-state index contributed by atoms with van der Waals surface area (Å²) < 4.78 is 29.0. The van der Waals surface area contributed by atoms with Gasteiger partial charge in [0.05, 0.1) is 20.6 Å². The lowest BCUT2D eigenvalue weighted by Gasteiger charge is -2.34. The number of benzene rings is 4. The zero-order valence-corrected chi connectivity index (χ0v) is 26.2. The number of anilines is 1. The molecule has 0 aromatic heterocycles. The smallest absolute Gasteiger partial charge is 0.264 e. The van der Waals surface area contributed by atoms with Crippen molar-refractivity contribution in [2.75, 3.05) is 17.4 Å². The Labute approximate surface area is 263 Å². The Morgan fingerprint density at radius 2 is 1.44 bits per heavy atom. The molecule has 4 aromatic rings. The highest BCUT2D eigenvalue weighted by molar-refractivity contribution is 7.92. The number of carbonyl (C=O) groups excluding carboxylic acids is 2. The molecule has 0 saturated carbocycles. The van der Waals surface area contributed by atoms with Crippen LogP contribution in [-0.2, 0) is 32.6 Å². The van der Waals surface area contributed by atoms with Gasteiger partial charge in [0, 0.05) is 19.5 Å². The van der Waals surface area contributed by atoms with E-state index in [0.717, 1.165) is 15.4 Å². The first-order valence-corrected chi connectivity index (χ1v) is 16.0. The third kappa shape index (κ3) is 8.16. The summed E-state index contributed by atoms with van der Waals surface area (Å²) in [7, 11) is -4.15. The van der Waals surface area contributed by atoms with Crippen LogP contribution in [0.2, 0.25) is 10.0 Å². The third-order valence-electron chi connectivity index (χ3n) is 6.89. The van der Waals surface area contributed by atoms with Gasteiger partial charge in [-0.1, -0.05) is 95.5 Å². The zero-order valence-electron chi connectivity index (χ0n) is 23.9. The Kier molecular flexibility index (Phi) is 10.9. The molecule has 0 aliphatic heterocycles. The molecule has 1 N–H and O–H groups in total. The molecule has 2 amide bonds. The van der Waals surface area contributed by atoms with Crippen LogP contribution in [0, 0.1) is 6.92 Å². The number of carbonyl (C=O) groups is 2. The fraction of sp³-hybridized carbons (Fsp3) is 0.212. The van der Waals surface area contributed by atoms with Crippen LogP contribution in [0.15, 0.2) is 108 Å². The van der Waals surface area contributed by atoms with E-state index in [0.29, 0.717) is 27.8 Å². The van der Waals surface area contributed by atoms with Crippen LogP contribution in [0.1, 0.15) is 23.6 Å². The van der Waals surface area contributed by atoms with Gasteiger partial charge in [-0.25, -0.2) is 8.42 Å². The highest BCUT2D eigenvalue weighted by Gasteiger charge is 2.34. The van der Waals surface area contributed by atoms with Crippen LogP contribution in [-0.4, -0.2) is 44.3 Å². The maximum atomic E-state index is 14.3. The Morgan fingerprint density at radius 1 is 0.814 bits per heavy atom. The van der Waals surface area contributed by atoms with Gasteiger partial charge in [-0.2, -0.15) is 0 Å². The van der Waals surface area contributed by atoms with Crippen molar-refractivity contribution in [2.24, 2.45) is 0 Å². The highest BCUT2D eigenvalue weighted by atomic mass is 35.5. The molecule has 0 aliphatic carbocycles. The van der Waals surface area contributed by atoms with Crippen LogP contribution >= 0.6 is 23.2 Å². The van der Waals surface area contributed by atoms with E-state index >= 15 is 0 Å². The molecular weight excluding hydrogens is 605 g/mol. The van der Waals surface area contributed by atoms with Crippen molar-refractivity contribution < 1.29 is 18.0 Å². The number of nitrogens with zero attached hydrogens (tertiary/aromatic N) is 2. The molecule has 0 fully saturated rings. The average Bonchev–Trinajstić information content (AvgIpc) is 3.01. The van der Waals surface area contributed by atoms with Gasteiger partial charge in [0.2, 0.25) is 11.8 Å². The summed E-state index contributed by atoms with van der Waals surface area (Å²) in [5.74, 6) is -0.911. The Morgan fingerprint density at radius 3 is 2.05 bits per heavy atom. The van der Waals surface area contributed by atoms with Crippen LogP contribution in [0.5, 0.6) is 0 Å². The number of nitrogens with one attached hydrogen (secondary N) is 1. The third-order valence-corrected chi connectivity index (χ3v) is 9.42. The molecule has 0 bridgehead atoms. The zero-order chi connectivity index (χ0) is 31.0. The molecule has 4 rings (SSSR count). The van der Waals surface area contributed by atoms with E-state index in [1.807, 2.05) is 37.3 Å². The van der Waals surface area contributed by atoms with E-state index in [4.69, 9.17) is 23.2 Å². The van der Waals surface area contributed by atoms with E-state index in [1.54, 1.807) is 67.6 Å². The summed E-state index contributed by atoms with van der Waals surface area (Å²) >= 11 is 12.4. The summed E-state index contributed by atoms with van der Waals surface area (Å²) in [5.41, 5.74) is 2.75. The summed E-state index contributed by atoms with van der Waals surface area (Å²) in [6, 6.07) is 28.3. The molecule has 1 unspecified atom stereocenters. The van der Waals surface area contributed by atoms with E-state index in [2.05, 4.69) is 5.32 Å². The number of amides is 2. The molecular formula is C33H33Cl2N3O4S. The van der Waals surface area contributed by atoms with Crippen LogP contribution < -0.4 is 9.62 Å². The maximum Gasteiger partial charge on any atom is 0.264 e. The molecule has 0 saturated heterocycles. The van der Waals surface area contributed by atoms with Crippen LogP contribution in [0.4, 0.5) is 5.69 Å². The van der Waals surface area contributed by atoms with Crippen LogP contribution in [0.3, 0.4) is 0 Å². The minimum Gasteiger partial charge on any atom is -0.355 e. The van der Waals surface area contributed by atoms with Crippen molar-refractivity contribution in [1.82, 2.24) is 10.2 Å². The lowest BCUT2D eigenvalue weighted by molar-refractivity contribution is -0.140. The van der Waals surface area contributed by atoms with Crippen molar-refractivity contribution in [2.45, 2.75) is 37.8 Å². The quantitative estimate of drug-likeness (QED) is 0.198. The van der Waals surface area contributed by atoms with E-state index in [-0.39, 0.29) is 23.8 Å². The summed E-state index contributed by atoms with van der Waals surface area (Å²) in [4.78, 5) is 29.3. The second kappa shape index (κ2) is 14.6. The van der Waals surface area contributed by atoms with Crippen LogP contribution in [0.25, 0.3) is 0 Å². The first-order chi connectivity index (χ1) is 20.6. The second-order valence-electron chi connectivity index (χ2n) is 10.0. The minimum atomic E-state index is -4.15. The van der Waals surface area contributed by atoms with Gasteiger partial charge in [0.25, 0.3) is 10.0 Å². The van der Waals surface area contributed by atoms with Gasteiger partial charge in [-0.15, -0.1) is 0 Å². The van der Waals surface area contributed by atoms with E-state index in [1.165, 1.54) is 17.0 Å². The van der Waals surface area contributed by atoms with E-state index < -0.39 is 28.5 Å².